The average Bonchev–Trinajstić information content (AvgIpc) is 3.04. The second-order valence-electron chi connectivity index (χ2n) is 7.44. The summed E-state index contributed by atoms with van der Waals surface area (Å²) in [4.78, 5) is 26.5. The molecule has 8 heteroatoms. The number of aromatic nitrogens is 1. The predicted molar refractivity (Wildman–Crippen MR) is 113 cm³/mol. The number of benzene rings is 1. The molecule has 28 heavy (non-hydrogen) atoms. The van der Waals surface area contributed by atoms with Crippen molar-refractivity contribution in [2.45, 2.75) is 32.9 Å². The highest BCUT2D eigenvalue weighted by Gasteiger charge is 2.18. The lowest BCUT2D eigenvalue weighted by Crippen LogP contribution is -2.42. The Balaban J connectivity index is 0.00000280. The molecular weight excluding hydrogens is 380 g/mol. The molecule has 2 aromatic rings. The van der Waals surface area contributed by atoms with Crippen molar-refractivity contribution in [3.05, 3.63) is 30.5 Å². The largest absolute Gasteiger partial charge is 0.378 e. The molecular formula is C20H29ClN4O3. The van der Waals surface area contributed by atoms with Crippen LogP contribution in [0.4, 0.5) is 5.69 Å². The molecule has 1 aromatic heterocycles. The van der Waals surface area contributed by atoms with Gasteiger partial charge >= 0.3 is 0 Å². The third kappa shape index (κ3) is 5.47. The van der Waals surface area contributed by atoms with E-state index in [1.807, 2.05) is 53.8 Å². The monoisotopic (exact) mass is 408 g/mol. The number of halogens is 1. The maximum atomic E-state index is 12.5. The summed E-state index contributed by atoms with van der Waals surface area (Å²) in [6, 6.07) is 7.11. The molecule has 0 saturated carbocycles. The smallest absolute Gasteiger partial charge is 0.242 e. The molecule has 0 bridgehead atoms. The van der Waals surface area contributed by atoms with Crippen LogP contribution in [0.15, 0.2) is 30.5 Å². The van der Waals surface area contributed by atoms with Crippen molar-refractivity contribution in [1.29, 1.82) is 0 Å². The second kappa shape index (κ2) is 9.91. The number of hydrogen-bond donors (Lipinski definition) is 2. The summed E-state index contributed by atoms with van der Waals surface area (Å²) in [6.07, 6.45) is 2.55. The van der Waals surface area contributed by atoms with Gasteiger partial charge in [-0.25, -0.2) is 0 Å². The van der Waals surface area contributed by atoms with Gasteiger partial charge in [0.05, 0.1) is 19.3 Å². The topological polar surface area (TPSA) is 89.6 Å². The Labute approximate surface area is 171 Å². The number of amides is 2. The molecule has 1 fully saturated rings. The van der Waals surface area contributed by atoms with Gasteiger partial charge in [-0.1, -0.05) is 13.8 Å². The quantitative estimate of drug-likeness (QED) is 0.767. The fourth-order valence-corrected chi connectivity index (χ4v) is 3.32. The Morgan fingerprint density at radius 2 is 1.93 bits per heavy atom. The van der Waals surface area contributed by atoms with Gasteiger partial charge in [-0.05, 0) is 36.6 Å². The molecule has 2 heterocycles. The van der Waals surface area contributed by atoms with E-state index < -0.39 is 6.04 Å². The van der Waals surface area contributed by atoms with Crippen LogP contribution in [0.3, 0.4) is 0 Å². The van der Waals surface area contributed by atoms with Gasteiger partial charge in [0, 0.05) is 35.9 Å². The van der Waals surface area contributed by atoms with E-state index in [-0.39, 0.29) is 24.2 Å². The summed E-state index contributed by atoms with van der Waals surface area (Å²) in [5, 5.41) is 3.85. The first-order chi connectivity index (χ1) is 12.9. The van der Waals surface area contributed by atoms with Crippen LogP contribution in [0.1, 0.15) is 20.3 Å². The standard InChI is InChI=1S/C20H28N4O3.ClH/c1-14(2)11-17(21)20(26)22-16-3-4-18-15(12-16)5-6-24(18)13-19(25)23-7-9-27-10-8-23;/h3-6,12,14,17H,7-11,13,21H2,1-2H3,(H,22,26);1H/t17-;/m0./s1. The van der Waals surface area contributed by atoms with Crippen LogP contribution in [0.25, 0.3) is 10.9 Å². The summed E-state index contributed by atoms with van der Waals surface area (Å²) in [7, 11) is 0. The van der Waals surface area contributed by atoms with E-state index in [1.165, 1.54) is 0 Å². The van der Waals surface area contributed by atoms with Crippen molar-refractivity contribution < 1.29 is 14.3 Å². The van der Waals surface area contributed by atoms with Crippen LogP contribution < -0.4 is 11.1 Å². The van der Waals surface area contributed by atoms with Crippen molar-refractivity contribution >= 4 is 40.8 Å². The minimum absolute atomic E-state index is 0. The SMILES string of the molecule is CC(C)C[C@H](N)C(=O)Nc1ccc2c(ccn2CC(=O)N2CCOCC2)c1.Cl. The summed E-state index contributed by atoms with van der Waals surface area (Å²) in [5.41, 5.74) is 7.61. The zero-order valence-corrected chi connectivity index (χ0v) is 17.2. The van der Waals surface area contributed by atoms with Crippen LogP contribution in [0.2, 0.25) is 0 Å². The molecule has 2 amide bonds. The second-order valence-corrected chi connectivity index (χ2v) is 7.44. The summed E-state index contributed by atoms with van der Waals surface area (Å²) in [5.74, 6) is 0.282. The highest BCUT2D eigenvalue weighted by atomic mass is 35.5. The van der Waals surface area contributed by atoms with E-state index in [0.717, 1.165) is 10.9 Å². The minimum atomic E-state index is -0.517. The molecule has 1 saturated heterocycles. The number of nitrogens with zero attached hydrogens (tertiary/aromatic N) is 2. The van der Waals surface area contributed by atoms with Crippen LogP contribution in [0, 0.1) is 5.92 Å². The number of nitrogens with two attached hydrogens (primary N) is 1. The molecule has 154 valence electrons. The highest BCUT2D eigenvalue weighted by Crippen LogP contribution is 2.21. The summed E-state index contributed by atoms with van der Waals surface area (Å²) < 4.78 is 7.23. The van der Waals surface area contributed by atoms with Crippen LogP contribution >= 0.6 is 12.4 Å². The van der Waals surface area contributed by atoms with Crippen LogP contribution in [-0.2, 0) is 20.9 Å². The third-order valence-corrected chi connectivity index (χ3v) is 4.77. The zero-order valence-electron chi connectivity index (χ0n) is 16.4. The minimum Gasteiger partial charge on any atom is -0.378 e. The molecule has 3 rings (SSSR count). The highest BCUT2D eigenvalue weighted by molar-refractivity contribution is 5.97. The lowest BCUT2D eigenvalue weighted by molar-refractivity contribution is -0.135. The number of carbonyl (C=O) groups excluding carboxylic acids is 2. The van der Waals surface area contributed by atoms with Gasteiger partial charge in [0.15, 0.2) is 0 Å². The van der Waals surface area contributed by atoms with Gasteiger partial charge in [-0.3, -0.25) is 9.59 Å². The number of morpholine rings is 1. The molecule has 0 unspecified atom stereocenters. The van der Waals surface area contributed by atoms with Gasteiger partial charge < -0.3 is 25.3 Å². The number of rotatable bonds is 6. The summed E-state index contributed by atoms with van der Waals surface area (Å²) >= 11 is 0. The fraction of sp³-hybridized carbons (Fsp3) is 0.500. The Kier molecular flexibility index (Phi) is 7.86. The maximum absolute atomic E-state index is 12.5. The molecule has 0 spiro atoms. The van der Waals surface area contributed by atoms with Gasteiger partial charge in [0.2, 0.25) is 11.8 Å². The Morgan fingerprint density at radius 3 is 2.61 bits per heavy atom. The number of nitrogens with one attached hydrogen (secondary N) is 1. The van der Waals surface area contributed by atoms with Crippen molar-refractivity contribution in [3.8, 4) is 0 Å². The number of ether oxygens (including phenoxy) is 1. The van der Waals surface area contributed by atoms with E-state index in [0.29, 0.717) is 50.9 Å². The number of anilines is 1. The molecule has 7 nitrogen and oxygen atoms in total. The van der Waals surface area contributed by atoms with Crippen molar-refractivity contribution in [1.82, 2.24) is 9.47 Å². The van der Waals surface area contributed by atoms with Crippen molar-refractivity contribution in [3.63, 3.8) is 0 Å². The van der Waals surface area contributed by atoms with Gasteiger partial charge in [-0.15, -0.1) is 12.4 Å². The van der Waals surface area contributed by atoms with Gasteiger partial charge in [-0.2, -0.15) is 0 Å². The Morgan fingerprint density at radius 1 is 1.21 bits per heavy atom. The van der Waals surface area contributed by atoms with E-state index in [2.05, 4.69) is 5.32 Å². The van der Waals surface area contributed by atoms with E-state index in [1.54, 1.807) is 0 Å². The summed E-state index contributed by atoms with van der Waals surface area (Å²) in [6.45, 7) is 6.87. The van der Waals surface area contributed by atoms with E-state index in [4.69, 9.17) is 10.5 Å². The maximum Gasteiger partial charge on any atom is 0.242 e. The van der Waals surface area contributed by atoms with Gasteiger partial charge in [0.25, 0.3) is 0 Å². The van der Waals surface area contributed by atoms with Crippen molar-refractivity contribution in [2.24, 2.45) is 11.7 Å². The normalized spacial score (nSPS) is 15.4. The average molecular weight is 409 g/mol. The number of carbonyl (C=O) groups is 2. The number of fused-ring (bicyclic) bond motifs is 1. The van der Waals surface area contributed by atoms with E-state index >= 15 is 0 Å². The molecule has 0 radical (unpaired) electrons. The molecule has 0 aliphatic carbocycles. The Hall–Kier alpha value is -2.09. The fourth-order valence-electron chi connectivity index (χ4n) is 3.32. The molecule has 3 N–H and O–H groups in total. The van der Waals surface area contributed by atoms with E-state index in [9.17, 15) is 9.59 Å². The van der Waals surface area contributed by atoms with Crippen molar-refractivity contribution in [2.75, 3.05) is 31.6 Å². The lowest BCUT2D eigenvalue weighted by atomic mass is 10.0. The predicted octanol–water partition coefficient (Wildman–Crippen LogP) is 2.23. The van der Waals surface area contributed by atoms with Crippen LogP contribution in [-0.4, -0.2) is 53.6 Å². The third-order valence-electron chi connectivity index (χ3n) is 4.77. The number of hydrogen-bond acceptors (Lipinski definition) is 4. The molecule has 1 atom stereocenters. The Bertz CT molecular complexity index is 815. The zero-order chi connectivity index (χ0) is 19.4. The first kappa shape index (κ1) is 22.2. The lowest BCUT2D eigenvalue weighted by Gasteiger charge is -2.27. The van der Waals surface area contributed by atoms with Crippen LogP contribution in [0.5, 0.6) is 0 Å². The molecule has 1 aliphatic heterocycles. The van der Waals surface area contributed by atoms with Gasteiger partial charge in [0.1, 0.15) is 6.54 Å². The molecule has 1 aliphatic rings. The molecule has 1 aromatic carbocycles. The first-order valence-corrected chi connectivity index (χ1v) is 9.45. The first-order valence-electron chi connectivity index (χ1n) is 9.45.